The molecule has 0 saturated heterocycles. The number of halogens is 1. The summed E-state index contributed by atoms with van der Waals surface area (Å²) in [7, 11) is 0. The molecule has 0 unspecified atom stereocenters. The van der Waals surface area contributed by atoms with Gasteiger partial charge < -0.3 is 15.6 Å². The molecule has 4 nitrogen and oxygen atoms in total. The number of para-hydroxylation sites is 1. The maximum atomic E-state index is 13.2. The number of benzene rings is 2. The number of urea groups is 1. The van der Waals surface area contributed by atoms with Gasteiger partial charge in [0.1, 0.15) is 5.82 Å². The highest BCUT2D eigenvalue weighted by Crippen LogP contribution is 2.34. The number of aromatic amines is 1. The summed E-state index contributed by atoms with van der Waals surface area (Å²) in [6.07, 6.45) is 0.853. The van der Waals surface area contributed by atoms with Gasteiger partial charge in [0.05, 0.1) is 11.4 Å². The number of fused-ring (bicyclic) bond motifs is 1. The fraction of sp³-hybridized carbons (Fsp3) is 0.211. The van der Waals surface area contributed by atoms with E-state index in [0.29, 0.717) is 5.69 Å². The minimum Gasteiger partial charge on any atom is -0.353 e. The highest BCUT2D eigenvalue weighted by Gasteiger charge is 2.16. The molecule has 0 saturated carbocycles. The lowest BCUT2D eigenvalue weighted by Crippen LogP contribution is -2.35. The summed E-state index contributed by atoms with van der Waals surface area (Å²) in [6, 6.07) is 13.8. The largest absolute Gasteiger partial charge is 0.353 e. The van der Waals surface area contributed by atoms with Crippen LogP contribution < -0.4 is 10.6 Å². The smallest absolute Gasteiger partial charge is 0.319 e. The summed E-state index contributed by atoms with van der Waals surface area (Å²) >= 11 is 0. The van der Waals surface area contributed by atoms with Gasteiger partial charge in [0.15, 0.2) is 0 Å². The molecule has 0 aliphatic heterocycles. The molecule has 0 bridgehead atoms. The van der Waals surface area contributed by atoms with Crippen LogP contribution in [0.5, 0.6) is 0 Å². The minimum absolute atomic E-state index is 0.0875. The van der Waals surface area contributed by atoms with Crippen molar-refractivity contribution >= 4 is 22.6 Å². The number of H-pyrrole nitrogens is 1. The Bertz CT molecular complexity index is 855. The van der Waals surface area contributed by atoms with Gasteiger partial charge in [-0.3, -0.25) is 0 Å². The van der Waals surface area contributed by atoms with Crippen molar-refractivity contribution < 1.29 is 9.18 Å². The number of hydrogen-bond acceptors (Lipinski definition) is 1. The van der Waals surface area contributed by atoms with Crippen LogP contribution in [0.25, 0.3) is 22.2 Å². The predicted molar refractivity (Wildman–Crippen MR) is 95.6 cm³/mol. The summed E-state index contributed by atoms with van der Waals surface area (Å²) in [5.74, 6) is -0.293. The van der Waals surface area contributed by atoms with Crippen molar-refractivity contribution in [3.8, 4) is 11.3 Å². The number of rotatable bonds is 4. The summed E-state index contributed by atoms with van der Waals surface area (Å²) in [4.78, 5) is 15.6. The first-order valence-electron chi connectivity index (χ1n) is 8.02. The van der Waals surface area contributed by atoms with Crippen LogP contribution in [0, 0.1) is 5.82 Å². The molecule has 2 aromatic carbocycles. The SMILES string of the molecule is CC[C@H](C)NC(=O)Nc1c(-c2ccc(F)cc2)[nH]c2ccccc12. The summed E-state index contributed by atoms with van der Waals surface area (Å²) in [6.45, 7) is 3.97. The van der Waals surface area contributed by atoms with Crippen LogP contribution in [-0.2, 0) is 0 Å². The van der Waals surface area contributed by atoms with Crippen LogP contribution in [0.15, 0.2) is 48.5 Å². The molecule has 0 radical (unpaired) electrons. The zero-order valence-electron chi connectivity index (χ0n) is 13.7. The number of carbonyl (C=O) groups excluding carboxylic acids is 1. The van der Waals surface area contributed by atoms with Crippen LogP contribution in [0.4, 0.5) is 14.9 Å². The Hall–Kier alpha value is -2.82. The van der Waals surface area contributed by atoms with Gasteiger partial charge in [0.25, 0.3) is 0 Å². The van der Waals surface area contributed by atoms with Crippen molar-refractivity contribution in [3.63, 3.8) is 0 Å². The molecular weight excluding hydrogens is 305 g/mol. The van der Waals surface area contributed by atoms with Crippen molar-refractivity contribution in [3.05, 3.63) is 54.3 Å². The van der Waals surface area contributed by atoms with Gasteiger partial charge >= 0.3 is 6.03 Å². The molecule has 1 atom stereocenters. The van der Waals surface area contributed by atoms with Crippen molar-refractivity contribution in [2.75, 3.05) is 5.32 Å². The number of amides is 2. The number of carbonyl (C=O) groups is 1. The normalized spacial score (nSPS) is 12.1. The molecule has 1 aromatic heterocycles. The third-order valence-electron chi connectivity index (χ3n) is 4.07. The van der Waals surface area contributed by atoms with Crippen LogP contribution in [0.3, 0.4) is 0 Å². The Balaban J connectivity index is 2.02. The third kappa shape index (κ3) is 3.25. The zero-order chi connectivity index (χ0) is 17.1. The van der Waals surface area contributed by atoms with E-state index in [0.717, 1.165) is 28.6 Å². The number of aromatic nitrogens is 1. The second kappa shape index (κ2) is 6.74. The molecule has 0 aliphatic rings. The predicted octanol–water partition coefficient (Wildman–Crippen LogP) is 4.89. The van der Waals surface area contributed by atoms with Crippen molar-refractivity contribution in [1.82, 2.24) is 10.3 Å². The highest BCUT2D eigenvalue weighted by molar-refractivity contribution is 6.07. The van der Waals surface area contributed by atoms with E-state index in [1.54, 1.807) is 12.1 Å². The average molecular weight is 325 g/mol. The second-order valence-corrected chi connectivity index (χ2v) is 5.84. The molecule has 124 valence electrons. The first kappa shape index (κ1) is 16.1. The Morgan fingerprint density at radius 1 is 1.17 bits per heavy atom. The van der Waals surface area contributed by atoms with Gasteiger partial charge in [-0.05, 0) is 43.7 Å². The molecule has 5 heteroatoms. The number of hydrogen-bond donors (Lipinski definition) is 3. The second-order valence-electron chi connectivity index (χ2n) is 5.84. The molecule has 3 rings (SSSR count). The van der Waals surface area contributed by atoms with Crippen LogP contribution in [0.2, 0.25) is 0 Å². The number of anilines is 1. The van der Waals surface area contributed by atoms with Gasteiger partial charge in [-0.2, -0.15) is 0 Å². The molecule has 1 heterocycles. The molecule has 3 N–H and O–H groups in total. The lowest BCUT2D eigenvalue weighted by Gasteiger charge is -2.13. The standard InChI is InChI=1S/C19H20FN3O/c1-3-12(2)21-19(24)23-18-15-6-4-5-7-16(15)22-17(18)13-8-10-14(20)11-9-13/h4-12,22H,3H2,1-2H3,(H2,21,23,24)/t12-/m0/s1. The first-order valence-corrected chi connectivity index (χ1v) is 8.02. The molecule has 0 spiro atoms. The molecule has 24 heavy (non-hydrogen) atoms. The van der Waals surface area contributed by atoms with Crippen molar-refractivity contribution in [1.29, 1.82) is 0 Å². The van der Waals surface area contributed by atoms with Crippen LogP contribution in [-0.4, -0.2) is 17.1 Å². The van der Waals surface area contributed by atoms with Crippen LogP contribution in [0.1, 0.15) is 20.3 Å². The average Bonchev–Trinajstić information content (AvgIpc) is 2.94. The molecule has 0 aliphatic carbocycles. The summed E-state index contributed by atoms with van der Waals surface area (Å²) in [5, 5.41) is 6.75. The van der Waals surface area contributed by atoms with E-state index in [2.05, 4.69) is 15.6 Å². The zero-order valence-corrected chi connectivity index (χ0v) is 13.7. The minimum atomic E-state index is -0.293. The van der Waals surface area contributed by atoms with E-state index in [1.807, 2.05) is 38.1 Å². The fourth-order valence-electron chi connectivity index (χ4n) is 2.58. The Morgan fingerprint density at radius 3 is 2.58 bits per heavy atom. The Kier molecular flexibility index (Phi) is 4.51. The van der Waals surface area contributed by atoms with E-state index >= 15 is 0 Å². The van der Waals surface area contributed by atoms with Crippen molar-refractivity contribution in [2.45, 2.75) is 26.3 Å². The number of nitrogens with one attached hydrogen (secondary N) is 3. The molecule has 2 amide bonds. The van der Waals surface area contributed by atoms with E-state index in [1.165, 1.54) is 12.1 Å². The summed E-state index contributed by atoms with van der Waals surface area (Å²) in [5.41, 5.74) is 3.18. The molecule has 3 aromatic rings. The van der Waals surface area contributed by atoms with E-state index in [9.17, 15) is 9.18 Å². The van der Waals surface area contributed by atoms with E-state index in [-0.39, 0.29) is 17.9 Å². The monoisotopic (exact) mass is 325 g/mol. The maximum Gasteiger partial charge on any atom is 0.319 e. The Labute approximate surface area is 140 Å². The van der Waals surface area contributed by atoms with Crippen molar-refractivity contribution in [2.24, 2.45) is 0 Å². The highest BCUT2D eigenvalue weighted by atomic mass is 19.1. The third-order valence-corrected chi connectivity index (χ3v) is 4.07. The fourth-order valence-corrected chi connectivity index (χ4v) is 2.58. The lowest BCUT2D eigenvalue weighted by molar-refractivity contribution is 0.249. The van der Waals surface area contributed by atoms with Gasteiger partial charge in [-0.25, -0.2) is 9.18 Å². The summed E-state index contributed by atoms with van der Waals surface area (Å²) < 4.78 is 13.2. The van der Waals surface area contributed by atoms with E-state index < -0.39 is 0 Å². The molecular formula is C19H20FN3O. The van der Waals surface area contributed by atoms with Gasteiger partial charge in [-0.15, -0.1) is 0 Å². The molecule has 0 fully saturated rings. The quantitative estimate of drug-likeness (QED) is 0.628. The lowest BCUT2D eigenvalue weighted by atomic mass is 10.1. The van der Waals surface area contributed by atoms with Gasteiger partial charge in [-0.1, -0.05) is 25.1 Å². The maximum absolute atomic E-state index is 13.2. The van der Waals surface area contributed by atoms with Crippen LogP contribution >= 0.6 is 0 Å². The topological polar surface area (TPSA) is 56.9 Å². The Morgan fingerprint density at radius 2 is 1.88 bits per heavy atom. The first-order chi connectivity index (χ1) is 11.6. The van der Waals surface area contributed by atoms with Gasteiger partial charge in [0, 0.05) is 22.5 Å². The van der Waals surface area contributed by atoms with E-state index in [4.69, 9.17) is 0 Å². The van der Waals surface area contributed by atoms with Gasteiger partial charge in [0.2, 0.25) is 0 Å².